The van der Waals surface area contributed by atoms with E-state index in [0.29, 0.717) is 25.7 Å². The van der Waals surface area contributed by atoms with Crippen molar-refractivity contribution in [1.29, 1.82) is 0 Å². The van der Waals surface area contributed by atoms with Crippen molar-refractivity contribution < 1.29 is 80.2 Å². The van der Waals surface area contributed by atoms with E-state index in [-0.39, 0.29) is 25.7 Å². The summed E-state index contributed by atoms with van der Waals surface area (Å²) in [7, 11) is -9.92. The minimum atomic E-state index is -4.96. The molecule has 19 heteroatoms. The first-order valence-electron chi connectivity index (χ1n) is 42.1. The normalized spacial score (nSPS) is 13.8. The second-order valence-corrected chi connectivity index (χ2v) is 32.5. The monoisotopic (exact) mass is 1470 g/mol. The third kappa shape index (κ3) is 74.3. The average molecular weight is 1470 g/mol. The van der Waals surface area contributed by atoms with Gasteiger partial charge in [0.25, 0.3) is 0 Å². The number of phosphoric ester groups is 2. The third-order valence-corrected chi connectivity index (χ3v) is 20.9. The molecule has 0 amide bonds. The van der Waals surface area contributed by atoms with Crippen LogP contribution in [0.1, 0.15) is 433 Å². The lowest BCUT2D eigenvalue weighted by molar-refractivity contribution is -0.161. The summed E-state index contributed by atoms with van der Waals surface area (Å²) in [5.41, 5.74) is 0. The molecule has 0 aliphatic carbocycles. The Labute approximate surface area is 613 Å². The van der Waals surface area contributed by atoms with E-state index in [2.05, 4.69) is 34.6 Å². The lowest BCUT2D eigenvalue weighted by Crippen LogP contribution is -2.30. The Morgan fingerprint density at radius 3 is 0.680 bits per heavy atom. The maximum absolute atomic E-state index is 13.1. The highest BCUT2D eigenvalue weighted by molar-refractivity contribution is 7.47. The standard InChI is InChI=1S/C81H158O17P2/c1-6-9-12-15-18-21-24-27-30-33-36-39-42-45-52-57-62-67-80(85)97-76(70-91-78(83)64-59-54-49-43-40-37-34-31-28-25-22-19-16-13-10-7-2)72-95-99(87,88)93-68-75(82)69-94-100(89,90)96-73-77(71-92-79(84)65-60-55-50-47-46-48-53-58-63-74(4)5)98-81(86)66-61-56-51-44-41-38-35-32-29-26-23-20-17-14-11-8-3/h74-77,82H,6-73H2,1-5H3,(H,87,88)(H,89,90)/t75-,76-,77-/m1/s1. The first kappa shape index (κ1) is 98.1. The molecule has 2 unspecified atom stereocenters. The number of aliphatic hydroxyl groups is 1. The number of ether oxygens (including phenoxy) is 4. The zero-order valence-corrected chi connectivity index (χ0v) is 67.1. The van der Waals surface area contributed by atoms with Crippen molar-refractivity contribution >= 4 is 39.5 Å². The average Bonchev–Trinajstić information content (AvgIpc) is 0.947. The zero-order valence-electron chi connectivity index (χ0n) is 65.3. The molecular weight excluding hydrogens is 1310 g/mol. The van der Waals surface area contributed by atoms with Crippen LogP contribution in [0.2, 0.25) is 0 Å². The van der Waals surface area contributed by atoms with Gasteiger partial charge in [-0.3, -0.25) is 37.3 Å². The van der Waals surface area contributed by atoms with Gasteiger partial charge in [-0.25, -0.2) is 9.13 Å². The molecule has 17 nitrogen and oxygen atoms in total. The summed E-state index contributed by atoms with van der Waals surface area (Å²) in [6.07, 6.45) is 65.1. The van der Waals surface area contributed by atoms with E-state index in [0.717, 1.165) is 95.8 Å². The van der Waals surface area contributed by atoms with Gasteiger partial charge in [0.1, 0.15) is 19.3 Å². The fourth-order valence-corrected chi connectivity index (χ4v) is 14.2. The molecule has 0 spiro atoms. The van der Waals surface area contributed by atoms with Gasteiger partial charge in [-0.2, -0.15) is 0 Å². The predicted octanol–water partition coefficient (Wildman–Crippen LogP) is 24.4. The fraction of sp³-hybridized carbons (Fsp3) is 0.951. The van der Waals surface area contributed by atoms with Crippen LogP contribution in [-0.4, -0.2) is 96.7 Å². The minimum Gasteiger partial charge on any atom is -0.462 e. The van der Waals surface area contributed by atoms with Gasteiger partial charge in [0.05, 0.1) is 26.4 Å². The van der Waals surface area contributed by atoms with Crippen molar-refractivity contribution in [3.8, 4) is 0 Å². The fourth-order valence-electron chi connectivity index (χ4n) is 12.6. The Hall–Kier alpha value is -1.94. The summed E-state index contributed by atoms with van der Waals surface area (Å²) < 4.78 is 68.8. The number of hydrogen-bond acceptors (Lipinski definition) is 15. The molecule has 594 valence electrons. The van der Waals surface area contributed by atoms with Gasteiger partial charge in [0.15, 0.2) is 12.2 Å². The first-order chi connectivity index (χ1) is 48.5. The molecular formula is C81H158O17P2. The molecule has 0 radical (unpaired) electrons. The largest absolute Gasteiger partial charge is 0.472 e. The van der Waals surface area contributed by atoms with Gasteiger partial charge in [0.2, 0.25) is 0 Å². The van der Waals surface area contributed by atoms with E-state index in [4.69, 9.17) is 37.0 Å². The van der Waals surface area contributed by atoms with Crippen molar-refractivity contribution in [1.82, 2.24) is 0 Å². The van der Waals surface area contributed by atoms with Crippen molar-refractivity contribution in [3.63, 3.8) is 0 Å². The Morgan fingerprint density at radius 1 is 0.270 bits per heavy atom. The van der Waals surface area contributed by atoms with E-state index in [9.17, 15) is 43.2 Å². The van der Waals surface area contributed by atoms with Crippen LogP contribution in [0.3, 0.4) is 0 Å². The Morgan fingerprint density at radius 2 is 0.460 bits per heavy atom. The molecule has 0 heterocycles. The predicted molar refractivity (Wildman–Crippen MR) is 409 cm³/mol. The Bertz CT molecular complexity index is 1910. The zero-order chi connectivity index (χ0) is 73.4. The highest BCUT2D eigenvalue weighted by Gasteiger charge is 2.30. The summed E-state index contributed by atoms with van der Waals surface area (Å²) in [5, 5.41) is 10.6. The molecule has 0 saturated carbocycles. The van der Waals surface area contributed by atoms with E-state index in [1.54, 1.807) is 0 Å². The molecule has 3 N–H and O–H groups in total. The maximum Gasteiger partial charge on any atom is 0.472 e. The van der Waals surface area contributed by atoms with Crippen LogP contribution in [0, 0.1) is 5.92 Å². The SMILES string of the molecule is CCCCCCCCCCCCCCCCCCCC(=O)O[C@H](COC(=O)CCCCCCCCCCCCCCCCCC)COP(=O)(O)OC[C@@H](O)COP(=O)(O)OC[C@@H](COC(=O)CCCCCCCCCCC(C)C)OC(=O)CCCCCCCCCCCCCCCCCC. The van der Waals surface area contributed by atoms with Crippen LogP contribution in [0.25, 0.3) is 0 Å². The molecule has 0 rings (SSSR count). The topological polar surface area (TPSA) is 237 Å². The van der Waals surface area contributed by atoms with Crippen molar-refractivity contribution in [2.75, 3.05) is 39.6 Å². The summed E-state index contributed by atoms with van der Waals surface area (Å²) in [6.45, 7) is 7.31. The quantitative estimate of drug-likeness (QED) is 0.0222. The third-order valence-electron chi connectivity index (χ3n) is 19.0. The van der Waals surface area contributed by atoms with Gasteiger partial charge in [-0.1, -0.05) is 381 Å². The maximum atomic E-state index is 13.1. The van der Waals surface area contributed by atoms with Crippen LogP contribution >= 0.6 is 15.6 Å². The summed E-state index contributed by atoms with van der Waals surface area (Å²) in [6, 6.07) is 0. The second kappa shape index (κ2) is 73.9. The smallest absolute Gasteiger partial charge is 0.462 e. The molecule has 100 heavy (non-hydrogen) atoms. The number of unbranched alkanes of at least 4 members (excludes halogenated alkanes) is 53. The van der Waals surface area contributed by atoms with Crippen molar-refractivity contribution in [2.45, 2.75) is 451 Å². The first-order valence-corrected chi connectivity index (χ1v) is 45.1. The number of esters is 4. The minimum absolute atomic E-state index is 0.108. The number of carbonyl (C=O) groups excluding carboxylic acids is 4. The highest BCUT2D eigenvalue weighted by atomic mass is 31.2. The van der Waals surface area contributed by atoms with Gasteiger partial charge >= 0.3 is 39.5 Å². The number of phosphoric acid groups is 2. The highest BCUT2D eigenvalue weighted by Crippen LogP contribution is 2.45. The van der Waals surface area contributed by atoms with Crippen LogP contribution in [-0.2, 0) is 65.4 Å². The van der Waals surface area contributed by atoms with Crippen LogP contribution < -0.4 is 0 Å². The van der Waals surface area contributed by atoms with E-state index in [1.165, 1.54) is 257 Å². The van der Waals surface area contributed by atoms with Gasteiger partial charge in [-0.05, 0) is 31.6 Å². The molecule has 5 atom stereocenters. The molecule has 0 saturated heterocycles. The van der Waals surface area contributed by atoms with Gasteiger partial charge in [-0.15, -0.1) is 0 Å². The lowest BCUT2D eigenvalue weighted by Gasteiger charge is -2.21. The van der Waals surface area contributed by atoms with Crippen LogP contribution in [0.15, 0.2) is 0 Å². The van der Waals surface area contributed by atoms with E-state index < -0.39 is 97.5 Å². The second-order valence-electron chi connectivity index (χ2n) is 29.6. The summed E-state index contributed by atoms with van der Waals surface area (Å²) >= 11 is 0. The summed E-state index contributed by atoms with van der Waals surface area (Å²) in [5.74, 6) is -1.38. The summed E-state index contributed by atoms with van der Waals surface area (Å²) in [4.78, 5) is 73.1. The Balaban J connectivity index is 5.25. The number of rotatable bonds is 81. The lowest BCUT2D eigenvalue weighted by atomic mass is 10.0. The van der Waals surface area contributed by atoms with Crippen LogP contribution in [0.5, 0.6) is 0 Å². The number of carbonyl (C=O) groups is 4. The van der Waals surface area contributed by atoms with Crippen LogP contribution in [0.4, 0.5) is 0 Å². The molecule has 0 aromatic heterocycles. The number of hydrogen-bond donors (Lipinski definition) is 3. The molecule has 0 aromatic rings. The molecule has 0 fully saturated rings. The molecule has 0 aliphatic heterocycles. The van der Waals surface area contributed by atoms with Gasteiger partial charge < -0.3 is 33.8 Å². The number of aliphatic hydroxyl groups excluding tert-OH is 1. The molecule has 0 aliphatic rings. The van der Waals surface area contributed by atoms with Crippen molar-refractivity contribution in [3.05, 3.63) is 0 Å². The van der Waals surface area contributed by atoms with E-state index >= 15 is 0 Å². The molecule has 0 bridgehead atoms. The van der Waals surface area contributed by atoms with E-state index in [1.807, 2.05) is 0 Å². The Kier molecular flexibility index (Phi) is 72.5. The van der Waals surface area contributed by atoms with Crippen molar-refractivity contribution in [2.24, 2.45) is 5.92 Å². The molecule has 0 aromatic carbocycles. The van der Waals surface area contributed by atoms with Gasteiger partial charge in [0, 0.05) is 25.7 Å².